The Morgan fingerprint density at radius 1 is 1.28 bits per heavy atom. The van der Waals surface area contributed by atoms with Crippen LogP contribution in [0.1, 0.15) is 25.7 Å². The van der Waals surface area contributed by atoms with E-state index in [-0.39, 0.29) is 17.4 Å². The maximum atomic E-state index is 11.8. The van der Waals surface area contributed by atoms with Crippen molar-refractivity contribution >= 4 is 23.6 Å². The Morgan fingerprint density at radius 3 is 2.61 bits per heavy atom. The first-order chi connectivity index (χ1) is 8.56. The van der Waals surface area contributed by atoms with Gasteiger partial charge in [-0.3, -0.25) is 9.59 Å². The first-order valence-electron chi connectivity index (χ1n) is 6.59. The minimum absolute atomic E-state index is 0.00765. The third-order valence-electron chi connectivity index (χ3n) is 4.27. The second-order valence-corrected chi connectivity index (χ2v) is 6.58. The maximum absolute atomic E-state index is 11.8. The van der Waals surface area contributed by atoms with E-state index in [1.807, 2.05) is 7.05 Å². The number of carboxylic acid groups (broad SMARTS) is 1. The van der Waals surface area contributed by atoms with E-state index in [1.54, 1.807) is 4.90 Å². The van der Waals surface area contributed by atoms with Crippen LogP contribution in [-0.2, 0) is 9.59 Å². The zero-order valence-electron chi connectivity index (χ0n) is 10.8. The van der Waals surface area contributed by atoms with Gasteiger partial charge >= 0.3 is 5.97 Å². The molecule has 2 aliphatic carbocycles. The van der Waals surface area contributed by atoms with Gasteiger partial charge in [0.25, 0.3) is 0 Å². The number of hydrogen-bond donors (Lipinski definition) is 1. The highest BCUT2D eigenvalue weighted by Gasteiger charge is 2.39. The van der Waals surface area contributed by atoms with Crippen LogP contribution < -0.4 is 0 Å². The summed E-state index contributed by atoms with van der Waals surface area (Å²) >= 11 is 1.18. The molecular formula is C13H21NO3S. The topological polar surface area (TPSA) is 57.6 Å². The molecule has 4 nitrogen and oxygen atoms in total. The highest BCUT2D eigenvalue weighted by atomic mass is 32.2. The SMILES string of the molecule is CN(CC1CC2CCC1C2)C(=O)CSCC(=O)O. The van der Waals surface area contributed by atoms with E-state index < -0.39 is 5.97 Å². The lowest BCUT2D eigenvalue weighted by Gasteiger charge is -2.27. The number of amides is 1. The van der Waals surface area contributed by atoms with E-state index in [1.165, 1.54) is 37.4 Å². The van der Waals surface area contributed by atoms with E-state index in [2.05, 4.69) is 0 Å². The van der Waals surface area contributed by atoms with Crippen molar-refractivity contribution in [3.05, 3.63) is 0 Å². The lowest BCUT2D eigenvalue weighted by molar-refractivity contribution is -0.133. The van der Waals surface area contributed by atoms with Crippen molar-refractivity contribution in [3.63, 3.8) is 0 Å². The van der Waals surface area contributed by atoms with Gasteiger partial charge in [0, 0.05) is 13.6 Å². The summed E-state index contributed by atoms with van der Waals surface area (Å²) in [5, 5.41) is 8.52. The number of rotatable bonds is 6. The fourth-order valence-corrected chi connectivity index (χ4v) is 4.06. The minimum Gasteiger partial charge on any atom is -0.481 e. The van der Waals surface area contributed by atoms with Crippen LogP contribution >= 0.6 is 11.8 Å². The van der Waals surface area contributed by atoms with Crippen LogP contribution in [0, 0.1) is 17.8 Å². The van der Waals surface area contributed by atoms with Crippen LogP contribution in [0.2, 0.25) is 0 Å². The van der Waals surface area contributed by atoms with Crippen LogP contribution in [0.5, 0.6) is 0 Å². The second kappa shape index (κ2) is 5.95. The number of nitrogens with zero attached hydrogens (tertiary/aromatic N) is 1. The van der Waals surface area contributed by atoms with Crippen molar-refractivity contribution in [3.8, 4) is 0 Å². The Morgan fingerprint density at radius 2 is 2.06 bits per heavy atom. The fraction of sp³-hybridized carbons (Fsp3) is 0.846. The van der Waals surface area contributed by atoms with Gasteiger partial charge in [-0.05, 0) is 37.0 Å². The van der Waals surface area contributed by atoms with Gasteiger partial charge in [-0.1, -0.05) is 6.42 Å². The molecule has 0 spiro atoms. The number of aliphatic carboxylic acids is 1. The van der Waals surface area contributed by atoms with Gasteiger partial charge in [0.15, 0.2) is 0 Å². The number of carbonyl (C=O) groups excluding carboxylic acids is 1. The van der Waals surface area contributed by atoms with Crippen molar-refractivity contribution in [2.24, 2.45) is 17.8 Å². The van der Waals surface area contributed by atoms with Crippen molar-refractivity contribution in [2.45, 2.75) is 25.7 Å². The molecule has 0 aromatic heterocycles. The summed E-state index contributed by atoms with van der Waals surface area (Å²) in [4.78, 5) is 24.0. The highest BCUT2D eigenvalue weighted by molar-refractivity contribution is 8.00. The van der Waals surface area contributed by atoms with Crippen molar-refractivity contribution in [2.75, 3.05) is 25.1 Å². The van der Waals surface area contributed by atoms with E-state index in [0.29, 0.717) is 5.92 Å². The summed E-state index contributed by atoms with van der Waals surface area (Å²) in [6, 6.07) is 0. The minimum atomic E-state index is -0.858. The smallest absolute Gasteiger partial charge is 0.313 e. The molecular weight excluding hydrogens is 250 g/mol. The molecule has 2 saturated carbocycles. The van der Waals surface area contributed by atoms with Crippen LogP contribution in [0.15, 0.2) is 0 Å². The standard InChI is InChI=1S/C13H21NO3S/c1-14(12(15)7-18-8-13(16)17)6-11-5-9-2-3-10(11)4-9/h9-11H,2-8H2,1H3,(H,16,17). The van der Waals surface area contributed by atoms with Gasteiger partial charge in [0.1, 0.15) is 0 Å². The first kappa shape index (κ1) is 13.7. The molecule has 2 fully saturated rings. The Bertz CT molecular complexity index is 334. The number of carbonyl (C=O) groups is 2. The molecule has 0 aliphatic heterocycles. The van der Waals surface area contributed by atoms with Crippen LogP contribution in [-0.4, -0.2) is 47.0 Å². The Kier molecular flexibility index (Phi) is 4.54. The predicted molar refractivity (Wildman–Crippen MR) is 71.5 cm³/mol. The molecule has 5 heteroatoms. The zero-order valence-corrected chi connectivity index (χ0v) is 11.6. The monoisotopic (exact) mass is 271 g/mol. The third-order valence-corrected chi connectivity index (χ3v) is 5.17. The van der Waals surface area contributed by atoms with Crippen molar-refractivity contribution in [1.82, 2.24) is 4.90 Å². The molecule has 0 saturated heterocycles. The number of fused-ring (bicyclic) bond motifs is 2. The summed E-state index contributed by atoms with van der Waals surface area (Å²) in [5.74, 6) is 1.91. The summed E-state index contributed by atoms with van der Waals surface area (Å²) < 4.78 is 0. The van der Waals surface area contributed by atoms with Gasteiger partial charge < -0.3 is 10.0 Å². The normalized spacial score (nSPS) is 29.5. The number of thioether (sulfide) groups is 1. The molecule has 0 aromatic rings. The summed E-state index contributed by atoms with van der Waals surface area (Å²) in [7, 11) is 1.84. The van der Waals surface area contributed by atoms with Crippen LogP contribution in [0.25, 0.3) is 0 Å². The summed E-state index contributed by atoms with van der Waals surface area (Å²) in [6.45, 7) is 0.855. The maximum Gasteiger partial charge on any atom is 0.313 e. The Hall–Kier alpha value is -0.710. The predicted octanol–water partition coefficient (Wildman–Crippen LogP) is 1.70. The van der Waals surface area contributed by atoms with E-state index >= 15 is 0 Å². The molecule has 3 atom stereocenters. The van der Waals surface area contributed by atoms with E-state index in [9.17, 15) is 9.59 Å². The zero-order chi connectivity index (χ0) is 13.1. The molecule has 3 unspecified atom stereocenters. The fourth-order valence-electron chi connectivity index (χ4n) is 3.39. The van der Waals surface area contributed by atoms with Gasteiger partial charge in [-0.25, -0.2) is 0 Å². The lowest BCUT2D eigenvalue weighted by Crippen LogP contribution is -2.35. The average molecular weight is 271 g/mol. The largest absolute Gasteiger partial charge is 0.481 e. The molecule has 2 rings (SSSR count). The molecule has 1 N–H and O–H groups in total. The number of hydrogen-bond acceptors (Lipinski definition) is 3. The van der Waals surface area contributed by atoms with Gasteiger partial charge in [-0.2, -0.15) is 0 Å². The molecule has 0 heterocycles. The summed E-state index contributed by atoms with van der Waals surface area (Å²) in [6.07, 6.45) is 5.36. The third kappa shape index (κ3) is 3.40. The van der Waals surface area contributed by atoms with E-state index in [4.69, 9.17) is 5.11 Å². The molecule has 2 bridgehead atoms. The lowest BCUT2D eigenvalue weighted by atomic mass is 9.88. The van der Waals surface area contributed by atoms with Crippen LogP contribution in [0.3, 0.4) is 0 Å². The second-order valence-electron chi connectivity index (χ2n) is 5.60. The van der Waals surface area contributed by atoms with Gasteiger partial charge in [-0.15, -0.1) is 11.8 Å². The molecule has 102 valence electrons. The quantitative estimate of drug-likeness (QED) is 0.799. The average Bonchev–Trinajstić information content (AvgIpc) is 2.90. The van der Waals surface area contributed by atoms with Gasteiger partial charge in [0.05, 0.1) is 11.5 Å². The van der Waals surface area contributed by atoms with Crippen molar-refractivity contribution in [1.29, 1.82) is 0 Å². The first-order valence-corrected chi connectivity index (χ1v) is 7.75. The Balaban J connectivity index is 1.69. The van der Waals surface area contributed by atoms with Crippen LogP contribution in [0.4, 0.5) is 0 Å². The molecule has 0 radical (unpaired) electrons. The molecule has 2 aliphatic rings. The Labute approximate surface area is 112 Å². The van der Waals surface area contributed by atoms with Gasteiger partial charge in [0.2, 0.25) is 5.91 Å². The number of carboxylic acids is 1. The molecule has 18 heavy (non-hydrogen) atoms. The summed E-state index contributed by atoms with van der Waals surface area (Å²) in [5.41, 5.74) is 0. The van der Waals surface area contributed by atoms with E-state index in [0.717, 1.165) is 18.4 Å². The molecule has 0 aromatic carbocycles. The van der Waals surface area contributed by atoms with Crippen molar-refractivity contribution < 1.29 is 14.7 Å². The highest BCUT2D eigenvalue weighted by Crippen LogP contribution is 2.48. The molecule has 1 amide bonds.